The number of hydrogen-bond donors (Lipinski definition) is 1. The van der Waals surface area contributed by atoms with Gasteiger partial charge in [0.05, 0.1) is 0 Å². The molecule has 3 nitrogen and oxygen atoms in total. The van der Waals surface area contributed by atoms with Crippen LogP contribution in [0.5, 0.6) is 0 Å². The Labute approximate surface area is 127 Å². The van der Waals surface area contributed by atoms with Gasteiger partial charge in [-0.2, -0.15) is 4.57 Å². The summed E-state index contributed by atoms with van der Waals surface area (Å²) in [4.78, 5) is 12.1. The molecule has 0 aliphatic carbocycles. The van der Waals surface area contributed by atoms with Crippen LogP contribution in [0.15, 0.2) is 47.1 Å². The number of halogens is 1. The third-order valence-corrected chi connectivity index (χ3v) is 3.69. The molecule has 0 bridgehead atoms. The molecule has 2 aromatic rings. The Balaban J connectivity index is 2.06. The maximum absolute atomic E-state index is 12.1. The highest BCUT2D eigenvalue weighted by Gasteiger charge is 2.13. The maximum Gasteiger partial charge on any atom is 0.290 e. The van der Waals surface area contributed by atoms with Gasteiger partial charge in [-0.25, -0.2) is 0 Å². The van der Waals surface area contributed by atoms with Gasteiger partial charge in [0, 0.05) is 28.7 Å². The minimum atomic E-state index is -0.0197. The molecule has 1 heterocycles. The van der Waals surface area contributed by atoms with Crippen LogP contribution < -0.4 is 9.88 Å². The fourth-order valence-electron chi connectivity index (χ4n) is 1.94. The van der Waals surface area contributed by atoms with E-state index in [1.54, 1.807) is 0 Å². The SMILES string of the molecule is CCc1ccc(C)[n+](CC(=O)Nc2ccc(Br)cc2)c1. The van der Waals surface area contributed by atoms with Gasteiger partial charge < -0.3 is 5.32 Å². The number of benzene rings is 1. The Bertz CT molecular complexity index is 608. The molecular weight excluding hydrogens is 316 g/mol. The zero-order valence-electron chi connectivity index (χ0n) is 11.7. The number of anilines is 1. The summed E-state index contributed by atoms with van der Waals surface area (Å²) in [5.74, 6) is -0.0197. The molecule has 1 amide bonds. The minimum absolute atomic E-state index is 0.0197. The maximum atomic E-state index is 12.1. The molecule has 0 aliphatic rings. The number of amides is 1. The second-order valence-corrected chi connectivity index (χ2v) is 5.63. The van der Waals surface area contributed by atoms with E-state index in [1.165, 1.54) is 5.56 Å². The third kappa shape index (κ3) is 3.90. The lowest BCUT2D eigenvalue weighted by Gasteiger charge is -2.05. The van der Waals surface area contributed by atoms with Crippen LogP contribution in [0.4, 0.5) is 5.69 Å². The molecule has 0 fully saturated rings. The molecule has 0 spiro atoms. The van der Waals surface area contributed by atoms with Crippen molar-refractivity contribution < 1.29 is 9.36 Å². The van der Waals surface area contributed by atoms with Gasteiger partial charge in [-0.3, -0.25) is 4.79 Å². The second kappa shape index (κ2) is 6.66. The molecule has 104 valence electrons. The van der Waals surface area contributed by atoms with Crippen LogP contribution >= 0.6 is 15.9 Å². The van der Waals surface area contributed by atoms with Gasteiger partial charge in [-0.05, 0) is 36.8 Å². The van der Waals surface area contributed by atoms with Crippen molar-refractivity contribution in [2.45, 2.75) is 26.8 Å². The Morgan fingerprint density at radius 1 is 1.20 bits per heavy atom. The molecule has 2 rings (SSSR count). The first kappa shape index (κ1) is 14.7. The Kier molecular flexibility index (Phi) is 4.90. The lowest BCUT2D eigenvalue weighted by molar-refractivity contribution is -0.690. The summed E-state index contributed by atoms with van der Waals surface area (Å²) in [7, 11) is 0. The molecular formula is C16H18BrN2O+. The largest absolute Gasteiger partial charge is 0.321 e. The number of nitrogens with one attached hydrogen (secondary N) is 1. The van der Waals surface area contributed by atoms with Crippen molar-refractivity contribution in [3.05, 3.63) is 58.3 Å². The van der Waals surface area contributed by atoms with Crippen LogP contribution in [0.2, 0.25) is 0 Å². The molecule has 0 unspecified atom stereocenters. The summed E-state index contributed by atoms with van der Waals surface area (Å²) < 4.78 is 2.98. The van der Waals surface area contributed by atoms with Crippen molar-refractivity contribution >= 4 is 27.5 Å². The number of pyridine rings is 1. The van der Waals surface area contributed by atoms with E-state index in [-0.39, 0.29) is 5.91 Å². The average molecular weight is 334 g/mol. The smallest absolute Gasteiger partial charge is 0.290 e. The summed E-state index contributed by atoms with van der Waals surface area (Å²) in [5, 5.41) is 2.90. The molecule has 1 aromatic heterocycles. The summed E-state index contributed by atoms with van der Waals surface area (Å²) in [5.41, 5.74) is 3.11. The second-order valence-electron chi connectivity index (χ2n) is 4.72. The molecule has 0 aliphatic heterocycles. The molecule has 0 atom stereocenters. The van der Waals surface area contributed by atoms with Gasteiger partial charge in [-0.15, -0.1) is 0 Å². The number of aromatic nitrogens is 1. The standard InChI is InChI=1S/C16H17BrN2O/c1-3-13-5-4-12(2)19(10-13)11-16(20)18-15-8-6-14(17)7-9-15/h4-10H,3,11H2,1-2H3/p+1. The van der Waals surface area contributed by atoms with Gasteiger partial charge in [0.15, 0.2) is 11.9 Å². The van der Waals surface area contributed by atoms with Crippen molar-refractivity contribution in [2.75, 3.05) is 5.32 Å². The first-order valence-electron chi connectivity index (χ1n) is 6.63. The van der Waals surface area contributed by atoms with Crippen molar-refractivity contribution in [1.29, 1.82) is 0 Å². The summed E-state index contributed by atoms with van der Waals surface area (Å²) in [6.07, 6.45) is 3.01. The zero-order valence-corrected chi connectivity index (χ0v) is 13.3. The van der Waals surface area contributed by atoms with E-state index in [9.17, 15) is 4.79 Å². The van der Waals surface area contributed by atoms with Gasteiger partial charge in [0.25, 0.3) is 5.91 Å². The summed E-state index contributed by atoms with van der Waals surface area (Å²) >= 11 is 3.37. The van der Waals surface area contributed by atoms with Crippen molar-refractivity contribution in [3.63, 3.8) is 0 Å². The average Bonchev–Trinajstić information content (AvgIpc) is 2.44. The third-order valence-electron chi connectivity index (χ3n) is 3.16. The Hall–Kier alpha value is -1.68. The molecule has 1 N–H and O–H groups in total. The fraction of sp³-hybridized carbons (Fsp3) is 0.250. The van der Waals surface area contributed by atoms with E-state index in [4.69, 9.17) is 0 Å². The zero-order chi connectivity index (χ0) is 14.5. The number of nitrogens with zero attached hydrogens (tertiary/aromatic N) is 1. The minimum Gasteiger partial charge on any atom is -0.321 e. The van der Waals surface area contributed by atoms with Crippen LogP contribution in [0.3, 0.4) is 0 Å². The van der Waals surface area contributed by atoms with E-state index in [1.807, 2.05) is 48.0 Å². The first-order chi connectivity index (χ1) is 9.58. The fourth-order valence-corrected chi connectivity index (χ4v) is 2.20. The topological polar surface area (TPSA) is 33.0 Å². The normalized spacial score (nSPS) is 10.3. The number of carbonyl (C=O) groups excluding carboxylic acids is 1. The highest BCUT2D eigenvalue weighted by atomic mass is 79.9. The van der Waals surface area contributed by atoms with Crippen molar-refractivity contribution in [3.8, 4) is 0 Å². The number of aryl methyl sites for hydroxylation is 2. The van der Waals surface area contributed by atoms with Crippen LogP contribution in [0.1, 0.15) is 18.2 Å². The Morgan fingerprint density at radius 2 is 1.90 bits per heavy atom. The number of rotatable bonds is 4. The van der Waals surface area contributed by atoms with E-state index in [2.05, 4.69) is 34.2 Å². The molecule has 1 aromatic carbocycles. The molecule has 20 heavy (non-hydrogen) atoms. The van der Waals surface area contributed by atoms with Crippen LogP contribution in [-0.2, 0) is 17.8 Å². The Morgan fingerprint density at radius 3 is 2.55 bits per heavy atom. The van der Waals surface area contributed by atoms with E-state index >= 15 is 0 Å². The van der Waals surface area contributed by atoms with Crippen molar-refractivity contribution in [2.24, 2.45) is 0 Å². The van der Waals surface area contributed by atoms with E-state index < -0.39 is 0 Å². The van der Waals surface area contributed by atoms with Crippen LogP contribution in [0.25, 0.3) is 0 Å². The quantitative estimate of drug-likeness (QED) is 0.856. The first-order valence-corrected chi connectivity index (χ1v) is 7.42. The molecule has 0 saturated carbocycles. The summed E-state index contributed by atoms with van der Waals surface area (Å²) in [6.45, 7) is 4.44. The van der Waals surface area contributed by atoms with E-state index in [0.717, 1.165) is 22.3 Å². The highest BCUT2D eigenvalue weighted by Crippen LogP contribution is 2.13. The summed E-state index contributed by atoms with van der Waals surface area (Å²) in [6, 6.07) is 11.7. The lowest BCUT2D eigenvalue weighted by Crippen LogP contribution is -2.43. The predicted molar refractivity (Wildman–Crippen MR) is 83.5 cm³/mol. The monoisotopic (exact) mass is 333 g/mol. The van der Waals surface area contributed by atoms with Crippen LogP contribution in [0, 0.1) is 6.92 Å². The highest BCUT2D eigenvalue weighted by molar-refractivity contribution is 9.10. The molecule has 0 radical (unpaired) electrons. The number of carbonyl (C=O) groups is 1. The molecule has 4 heteroatoms. The van der Waals surface area contributed by atoms with Crippen molar-refractivity contribution in [1.82, 2.24) is 0 Å². The van der Waals surface area contributed by atoms with Gasteiger partial charge in [-0.1, -0.05) is 22.9 Å². The van der Waals surface area contributed by atoms with Gasteiger partial charge in [0.1, 0.15) is 0 Å². The molecule has 0 saturated heterocycles. The van der Waals surface area contributed by atoms with Gasteiger partial charge in [0.2, 0.25) is 6.54 Å². The van der Waals surface area contributed by atoms with Gasteiger partial charge >= 0.3 is 0 Å². The predicted octanol–water partition coefficient (Wildman–Crippen LogP) is 3.25. The lowest BCUT2D eigenvalue weighted by atomic mass is 10.2. The van der Waals surface area contributed by atoms with Crippen LogP contribution in [-0.4, -0.2) is 5.91 Å². The van der Waals surface area contributed by atoms with E-state index in [0.29, 0.717) is 6.54 Å². The number of hydrogen-bond acceptors (Lipinski definition) is 1.